The molecule has 1 N–H and O–H groups in total. The molecule has 1 aromatic carbocycles. The quantitative estimate of drug-likeness (QED) is 0.810. The Balaban J connectivity index is 3.07. The standard InChI is InChI=1S/C10H7ClF4O4S2/c11-8-6(9(16)17)3-5(4-7(8)12)21(18,19)2-1-20-10(13,14)15/h3-4H,1-2H2,(H,16,17). The zero-order valence-electron chi connectivity index (χ0n) is 9.95. The van der Waals surface area contributed by atoms with Gasteiger partial charge in [0.1, 0.15) is 5.82 Å². The van der Waals surface area contributed by atoms with Crippen molar-refractivity contribution in [1.29, 1.82) is 0 Å². The highest BCUT2D eigenvalue weighted by Gasteiger charge is 2.29. The van der Waals surface area contributed by atoms with Gasteiger partial charge in [0, 0.05) is 5.75 Å². The number of carboxylic acids is 1. The first-order valence-electron chi connectivity index (χ1n) is 5.10. The molecule has 0 saturated carbocycles. The number of carbonyl (C=O) groups is 1. The molecule has 1 aromatic rings. The van der Waals surface area contributed by atoms with Crippen LogP contribution in [-0.4, -0.2) is 36.5 Å². The van der Waals surface area contributed by atoms with Gasteiger partial charge in [-0.25, -0.2) is 17.6 Å². The van der Waals surface area contributed by atoms with E-state index in [2.05, 4.69) is 0 Å². The molecule has 0 aliphatic carbocycles. The Hall–Kier alpha value is -1.00. The number of halogens is 5. The van der Waals surface area contributed by atoms with E-state index in [1.807, 2.05) is 0 Å². The highest BCUT2D eigenvalue weighted by atomic mass is 35.5. The summed E-state index contributed by atoms with van der Waals surface area (Å²) in [6.07, 6.45) is 0. The van der Waals surface area contributed by atoms with Gasteiger partial charge in [0.15, 0.2) is 9.84 Å². The van der Waals surface area contributed by atoms with E-state index in [0.717, 1.165) is 0 Å². The normalized spacial score (nSPS) is 12.4. The molecule has 0 saturated heterocycles. The molecule has 0 heterocycles. The van der Waals surface area contributed by atoms with Crippen molar-refractivity contribution in [2.24, 2.45) is 0 Å². The van der Waals surface area contributed by atoms with Crippen LogP contribution in [0.3, 0.4) is 0 Å². The molecule has 0 atom stereocenters. The summed E-state index contributed by atoms with van der Waals surface area (Å²) in [6, 6.07) is 1.09. The molecule has 21 heavy (non-hydrogen) atoms. The summed E-state index contributed by atoms with van der Waals surface area (Å²) < 4.78 is 72.7. The van der Waals surface area contributed by atoms with Crippen molar-refractivity contribution in [2.45, 2.75) is 10.4 Å². The molecule has 0 aromatic heterocycles. The van der Waals surface area contributed by atoms with Crippen molar-refractivity contribution in [1.82, 2.24) is 0 Å². The van der Waals surface area contributed by atoms with E-state index < -0.39 is 65.9 Å². The average Bonchev–Trinajstić information content (AvgIpc) is 2.29. The van der Waals surface area contributed by atoms with Crippen LogP contribution in [0.15, 0.2) is 17.0 Å². The Morgan fingerprint density at radius 1 is 1.33 bits per heavy atom. The van der Waals surface area contributed by atoms with Crippen molar-refractivity contribution < 1.29 is 35.9 Å². The van der Waals surface area contributed by atoms with Crippen LogP contribution in [0.25, 0.3) is 0 Å². The second kappa shape index (κ2) is 6.41. The van der Waals surface area contributed by atoms with Gasteiger partial charge in [0.25, 0.3) is 0 Å². The van der Waals surface area contributed by atoms with E-state index in [4.69, 9.17) is 16.7 Å². The molecule has 4 nitrogen and oxygen atoms in total. The largest absolute Gasteiger partial charge is 0.478 e. The molecule has 118 valence electrons. The number of thioether (sulfide) groups is 1. The van der Waals surface area contributed by atoms with Gasteiger partial charge in [0.05, 0.1) is 21.2 Å². The van der Waals surface area contributed by atoms with E-state index in [0.29, 0.717) is 12.1 Å². The van der Waals surface area contributed by atoms with Crippen molar-refractivity contribution >= 4 is 39.2 Å². The molecule has 0 radical (unpaired) electrons. The average molecular weight is 367 g/mol. The lowest BCUT2D eigenvalue weighted by Gasteiger charge is -2.08. The Labute approximate surface area is 126 Å². The van der Waals surface area contributed by atoms with Crippen LogP contribution in [0, 0.1) is 5.82 Å². The van der Waals surface area contributed by atoms with Crippen LogP contribution in [0.5, 0.6) is 0 Å². The summed E-state index contributed by atoms with van der Waals surface area (Å²) in [5.74, 6) is -4.64. The number of rotatable bonds is 5. The second-order valence-corrected chi connectivity index (χ2v) is 7.33. The summed E-state index contributed by atoms with van der Waals surface area (Å²) in [4.78, 5) is 10.1. The number of hydrogen-bond donors (Lipinski definition) is 1. The van der Waals surface area contributed by atoms with E-state index in [9.17, 15) is 30.8 Å². The Morgan fingerprint density at radius 2 is 1.90 bits per heavy atom. The van der Waals surface area contributed by atoms with Gasteiger partial charge in [-0.3, -0.25) is 0 Å². The monoisotopic (exact) mass is 366 g/mol. The zero-order valence-corrected chi connectivity index (χ0v) is 12.3. The fraction of sp³-hybridized carbons (Fsp3) is 0.300. The van der Waals surface area contributed by atoms with Crippen LogP contribution in [0.2, 0.25) is 5.02 Å². The van der Waals surface area contributed by atoms with Gasteiger partial charge < -0.3 is 5.11 Å². The van der Waals surface area contributed by atoms with Crippen molar-refractivity contribution in [3.05, 3.63) is 28.5 Å². The van der Waals surface area contributed by atoms with Crippen LogP contribution >= 0.6 is 23.4 Å². The topological polar surface area (TPSA) is 71.4 Å². The highest BCUT2D eigenvalue weighted by Crippen LogP contribution is 2.31. The molecule has 0 bridgehead atoms. The maximum atomic E-state index is 13.4. The summed E-state index contributed by atoms with van der Waals surface area (Å²) in [5, 5.41) is 7.99. The second-order valence-electron chi connectivity index (χ2n) is 3.68. The highest BCUT2D eigenvalue weighted by molar-refractivity contribution is 8.01. The number of hydrogen-bond acceptors (Lipinski definition) is 4. The first kappa shape index (κ1) is 18.1. The van der Waals surface area contributed by atoms with Gasteiger partial charge >= 0.3 is 11.5 Å². The summed E-state index contributed by atoms with van der Waals surface area (Å²) in [6.45, 7) is 0. The lowest BCUT2D eigenvalue weighted by atomic mass is 10.2. The van der Waals surface area contributed by atoms with E-state index in [1.54, 1.807) is 0 Å². The molecule has 0 spiro atoms. The third-order valence-corrected chi connectivity index (χ3v) is 5.28. The van der Waals surface area contributed by atoms with Crippen LogP contribution in [-0.2, 0) is 9.84 Å². The van der Waals surface area contributed by atoms with Crippen molar-refractivity contribution in [3.63, 3.8) is 0 Å². The van der Waals surface area contributed by atoms with E-state index >= 15 is 0 Å². The van der Waals surface area contributed by atoms with Gasteiger partial charge in [0.2, 0.25) is 0 Å². The fourth-order valence-electron chi connectivity index (χ4n) is 1.28. The molecule has 0 aliphatic heterocycles. The first-order chi connectivity index (χ1) is 9.44. The lowest BCUT2D eigenvalue weighted by molar-refractivity contribution is -0.0326. The van der Waals surface area contributed by atoms with Crippen LogP contribution in [0.4, 0.5) is 17.6 Å². The minimum absolute atomic E-state index is 0.475. The fourth-order valence-corrected chi connectivity index (χ4v) is 3.73. The maximum Gasteiger partial charge on any atom is 0.441 e. The third-order valence-electron chi connectivity index (χ3n) is 2.21. The predicted molar refractivity (Wildman–Crippen MR) is 68.9 cm³/mol. The Bertz CT molecular complexity index is 658. The molecular weight excluding hydrogens is 360 g/mol. The third kappa shape index (κ3) is 5.04. The Kier molecular flexibility index (Phi) is 5.51. The van der Waals surface area contributed by atoms with E-state index in [1.165, 1.54) is 0 Å². The van der Waals surface area contributed by atoms with E-state index in [-0.39, 0.29) is 0 Å². The molecule has 0 amide bonds. The molecule has 0 aliphatic rings. The van der Waals surface area contributed by atoms with Gasteiger partial charge in [-0.15, -0.1) is 0 Å². The lowest BCUT2D eigenvalue weighted by Crippen LogP contribution is -2.13. The van der Waals surface area contributed by atoms with Gasteiger partial charge in [-0.2, -0.15) is 13.2 Å². The number of carboxylic acid groups (broad SMARTS) is 1. The first-order valence-corrected chi connectivity index (χ1v) is 8.11. The number of aromatic carboxylic acids is 1. The summed E-state index contributed by atoms with van der Waals surface area (Å²) in [5.41, 5.74) is -5.37. The molecule has 1 rings (SSSR count). The Morgan fingerprint density at radius 3 is 2.38 bits per heavy atom. The number of alkyl halides is 3. The smallest absolute Gasteiger partial charge is 0.441 e. The van der Waals surface area contributed by atoms with Crippen molar-refractivity contribution in [2.75, 3.05) is 11.5 Å². The number of sulfone groups is 1. The maximum absolute atomic E-state index is 13.4. The van der Waals surface area contributed by atoms with Crippen molar-refractivity contribution in [3.8, 4) is 0 Å². The molecule has 0 unspecified atom stereocenters. The molecular formula is C10H7ClF4O4S2. The molecule has 11 heteroatoms. The predicted octanol–water partition coefficient (Wildman–Crippen LogP) is 3.20. The zero-order chi connectivity index (χ0) is 16.4. The van der Waals surface area contributed by atoms with Crippen LogP contribution < -0.4 is 0 Å². The minimum Gasteiger partial charge on any atom is -0.478 e. The molecule has 0 fully saturated rings. The SMILES string of the molecule is O=C(O)c1cc(S(=O)(=O)CCSC(F)(F)F)cc(F)c1Cl. The number of benzene rings is 1. The summed E-state index contributed by atoms with van der Waals surface area (Å²) >= 11 is 4.83. The summed E-state index contributed by atoms with van der Waals surface area (Å²) in [7, 11) is -4.26. The van der Waals surface area contributed by atoms with Gasteiger partial charge in [-0.05, 0) is 23.9 Å². The minimum atomic E-state index is -4.59. The van der Waals surface area contributed by atoms with Gasteiger partial charge in [-0.1, -0.05) is 11.6 Å². The van der Waals surface area contributed by atoms with Crippen LogP contribution in [0.1, 0.15) is 10.4 Å².